The van der Waals surface area contributed by atoms with Gasteiger partial charge in [-0.2, -0.15) is 0 Å². The van der Waals surface area contributed by atoms with Crippen molar-refractivity contribution in [1.82, 2.24) is 0 Å². The first-order chi connectivity index (χ1) is 17.1. The van der Waals surface area contributed by atoms with Crippen LogP contribution in [0.3, 0.4) is 0 Å². The first-order valence-electron chi connectivity index (χ1n) is 12.6. The number of amides is 1. The molecule has 0 unspecified atom stereocenters. The largest absolute Gasteiger partial charge is 0.497 e. The molecule has 1 heterocycles. The normalized spacial score (nSPS) is 16.8. The maximum atomic E-state index is 14.3. The van der Waals surface area contributed by atoms with Crippen LogP contribution >= 0.6 is 0 Å². The fraction of sp³-hybridized carbons (Fsp3) is 0.367. The summed E-state index contributed by atoms with van der Waals surface area (Å²) in [6.45, 7) is 2.74. The van der Waals surface area contributed by atoms with E-state index in [0.717, 1.165) is 53.3 Å². The predicted molar refractivity (Wildman–Crippen MR) is 142 cm³/mol. The summed E-state index contributed by atoms with van der Waals surface area (Å²) >= 11 is 0. The molecule has 0 spiro atoms. The van der Waals surface area contributed by atoms with Crippen LogP contribution in [0.15, 0.2) is 72.8 Å². The van der Waals surface area contributed by atoms with Crippen molar-refractivity contribution in [2.24, 2.45) is 0 Å². The van der Waals surface area contributed by atoms with Crippen molar-refractivity contribution in [2.75, 3.05) is 24.4 Å². The molecule has 0 saturated carbocycles. The summed E-state index contributed by atoms with van der Waals surface area (Å²) in [5.74, 6) is 1.62. The standard InChI is InChI=1S/C30H36N2O3/c1-4-5-6-7-11-20-30(31-24-14-16-25(34-2)17-15-24)27-19-18-26(35-3)21-28(27)32(29(30)33)22-23-12-9-8-10-13-23/h8-10,12-19,21,31H,4-7,11,20,22H2,1-3H3/t30-/m0/s1. The molecule has 0 saturated heterocycles. The highest BCUT2D eigenvalue weighted by Gasteiger charge is 2.50. The van der Waals surface area contributed by atoms with Gasteiger partial charge in [0.05, 0.1) is 26.5 Å². The van der Waals surface area contributed by atoms with Crippen LogP contribution in [0, 0.1) is 0 Å². The number of carbonyl (C=O) groups is 1. The van der Waals surface area contributed by atoms with Crippen molar-refractivity contribution < 1.29 is 14.3 Å². The minimum Gasteiger partial charge on any atom is -0.497 e. The van der Waals surface area contributed by atoms with Crippen molar-refractivity contribution >= 4 is 17.3 Å². The fourth-order valence-electron chi connectivity index (χ4n) is 4.94. The van der Waals surface area contributed by atoms with Crippen molar-refractivity contribution in [2.45, 2.75) is 57.5 Å². The van der Waals surface area contributed by atoms with E-state index < -0.39 is 5.54 Å². The van der Waals surface area contributed by atoms with Gasteiger partial charge >= 0.3 is 0 Å². The molecule has 35 heavy (non-hydrogen) atoms. The Labute approximate surface area is 209 Å². The number of nitrogens with zero attached hydrogens (tertiary/aromatic N) is 1. The van der Waals surface area contributed by atoms with Gasteiger partial charge in [-0.25, -0.2) is 0 Å². The average Bonchev–Trinajstić information content (AvgIpc) is 3.11. The molecule has 0 bridgehead atoms. The number of rotatable bonds is 12. The minimum atomic E-state index is -0.836. The number of fused-ring (bicyclic) bond motifs is 1. The van der Waals surface area contributed by atoms with E-state index in [2.05, 4.69) is 30.4 Å². The Kier molecular flexibility index (Phi) is 7.96. The number of benzene rings is 3. The van der Waals surface area contributed by atoms with E-state index in [-0.39, 0.29) is 5.91 Å². The Morgan fingerprint density at radius 2 is 1.51 bits per heavy atom. The number of hydrogen-bond acceptors (Lipinski definition) is 4. The second-order valence-corrected chi connectivity index (χ2v) is 9.18. The predicted octanol–water partition coefficient (Wildman–Crippen LogP) is 6.92. The van der Waals surface area contributed by atoms with E-state index in [4.69, 9.17) is 9.47 Å². The van der Waals surface area contributed by atoms with Crippen LogP contribution in [0.4, 0.5) is 11.4 Å². The maximum absolute atomic E-state index is 14.3. The highest BCUT2D eigenvalue weighted by Crippen LogP contribution is 2.47. The lowest BCUT2D eigenvalue weighted by Gasteiger charge is -2.31. The number of hydrogen-bond donors (Lipinski definition) is 1. The van der Waals surface area contributed by atoms with E-state index >= 15 is 0 Å². The number of unbranched alkanes of at least 4 members (excludes halogenated alkanes) is 4. The molecule has 0 aromatic heterocycles. The molecular weight excluding hydrogens is 436 g/mol. The van der Waals surface area contributed by atoms with Crippen LogP contribution in [0.25, 0.3) is 0 Å². The molecule has 1 atom stereocenters. The zero-order chi connectivity index (χ0) is 24.7. The van der Waals surface area contributed by atoms with Gasteiger partial charge in [0.1, 0.15) is 17.0 Å². The Morgan fingerprint density at radius 3 is 2.20 bits per heavy atom. The molecule has 5 heteroatoms. The summed E-state index contributed by atoms with van der Waals surface area (Å²) in [4.78, 5) is 16.2. The third kappa shape index (κ3) is 5.29. The smallest absolute Gasteiger partial charge is 0.257 e. The van der Waals surface area contributed by atoms with Crippen LogP contribution in [-0.4, -0.2) is 20.1 Å². The maximum Gasteiger partial charge on any atom is 0.257 e. The summed E-state index contributed by atoms with van der Waals surface area (Å²) in [5.41, 5.74) is 3.07. The van der Waals surface area contributed by atoms with Crippen molar-refractivity contribution in [3.63, 3.8) is 0 Å². The van der Waals surface area contributed by atoms with Gasteiger partial charge in [0.25, 0.3) is 5.91 Å². The van der Waals surface area contributed by atoms with Gasteiger partial charge in [-0.15, -0.1) is 0 Å². The van der Waals surface area contributed by atoms with E-state index in [9.17, 15) is 4.79 Å². The van der Waals surface area contributed by atoms with Gasteiger partial charge in [0.2, 0.25) is 0 Å². The Bertz CT molecular complexity index is 1110. The van der Waals surface area contributed by atoms with Gasteiger partial charge in [-0.3, -0.25) is 4.79 Å². The lowest BCUT2D eigenvalue weighted by molar-refractivity contribution is -0.122. The quantitative estimate of drug-likeness (QED) is 0.291. The minimum absolute atomic E-state index is 0.0796. The second kappa shape index (κ2) is 11.3. The van der Waals surface area contributed by atoms with Crippen LogP contribution in [0.5, 0.6) is 11.5 Å². The van der Waals surface area contributed by atoms with E-state index in [0.29, 0.717) is 6.54 Å². The molecule has 5 nitrogen and oxygen atoms in total. The SMILES string of the molecule is CCCCCCC[C@@]1(Nc2ccc(OC)cc2)C(=O)N(Cc2ccccc2)c2cc(OC)ccc21. The molecule has 1 N–H and O–H groups in total. The molecule has 0 fully saturated rings. The average molecular weight is 473 g/mol. The zero-order valence-electron chi connectivity index (χ0n) is 21.0. The topological polar surface area (TPSA) is 50.8 Å². The molecule has 0 aliphatic carbocycles. The highest BCUT2D eigenvalue weighted by molar-refractivity contribution is 6.09. The lowest BCUT2D eigenvalue weighted by Crippen LogP contribution is -2.46. The van der Waals surface area contributed by atoms with Crippen LogP contribution < -0.4 is 19.7 Å². The van der Waals surface area contributed by atoms with Crippen LogP contribution in [0.2, 0.25) is 0 Å². The molecule has 184 valence electrons. The molecule has 4 rings (SSSR count). The van der Waals surface area contributed by atoms with E-state index in [1.54, 1.807) is 14.2 Å². The highest BCUT2D eigenvalue weighted by atomic mass is 16.5. The van der Waals surface area contributed by atoms with E-state index in [1.807, 2.05) is 59.5 Å². The van der Waals surface area contributed by atoms with Gasteiger partial charge < -0.3 is 19.7 Å². The van der Waals surface area contributed by atoms with Crippen molar-refractivity contribution in [3.05, 3.63) is 83.9 Å². The van der Waals surface area contributed by atoms with Crippen LogP contribution in [0.1, 0.15) is 56.6 Å². The van der Waals surface area contributed by atoms with Gasteiger partial charge in [-0.05, 0) is 42.3 Å². The summed E-state index contributed by atoms with van der Waals surface area (Å²) in [5, 5.41) is 3.67. The molecule has 0 radical (unpaired) electrons. The van der Waals surface area contributed by atoms with Crippen molar-refractivity contribution in [3.8, 4) is 11.5 Å². The molecule has 3 aromatic carbocycles. The number of carbonyl (C=O) groups excluding carboxylic acids is 1. The monoisotopic (exact) mass is 472 g/mol. The molecule has 1 amide bonds. The number of nitrogens with one attached hydrogen (secondary N) is 1. The third-order valence-electron chi connectivity index (χ3n) is 6.85. The molecule has 1 aliphatic rings. The first kappa shape index (κ1) is 24.6. The van der Waals surface area contributed by atoms with Gasteiger partial charge in [0.15, 0.2) is 0 Å². The molecular formula is C30H36N2O3. The lowest BCUT2D eigenvalue weighted by atomic mass is 9.85. The Balaban J connectivity index is 1.74. The van der Waals surface area contributed by atoms with Gasteiger partial charge in [0, 0.05) is 17.3 Å². The zero-order valence-corrected chi connectivity index (χ0v) is 21.0. The Hall–Kier alpha value is -3.47. The summed E-state index contributed by atoms with van der Waals surface area (Å²) in [7, 11) is 3.32. The molecule has 3 aromatic rings. The summed E-state index contributed by atoms with van der Waals surface area (Å²) < 4.78 is 10.9. The number of ether oxygens (including phenoxy) is 2. The molecule has 1 aliphatic heterocycles. The van der Waals surface area contributed by atoms with Gasteiger partial charge in [-0.1, -0.05) is 75.4 Å². The fourth-order valence-corrected chi connectivity index (χ4v) is 4.94. The van der Waals surface area contributed by atoms with E-state index in [1.165, 1.54) is 19.3 Å². The number of methoxy groups -OCH3 is 2. The summed E-state index contributed by atoms with van der Waals surface area (Å²) in [6, 6.07) is 24.0. The van der Waals surface area contributed by atoms with Crippen LogP contribution in [-0.2, 0) is 16.9 Å². The Morgan fingerprint density at radius 1 is 0.829 bits per heavy atom. The first-order valence-corrected chi connectivity index (χ1v) is 12.6. The third-order valence-corrected chi connectivity index (χ3v) is 6.85. The van der Waals surface area contributed by atoms with Crippen molar-refractivity contribution in [1.29, 1.82) is 0 Å². The second-order valence-electron chi connectivity index (χ2n) is 9.18. The number of anilines is 2. The summed E-state index contributed by atoms with van der Waals surface area (Å²) in [6.07, 6.45) is 6.41.